The van der Waals surface area contributed by atoms with E-state index in [2.05, 4.69) is 20.3 Å². The van der Waals surface area contributed by atoms with Crippen molar-refractivity contribution in [3.63, 3.8) is 0 Å². The van der Waals surface area contributed by atoms with Gasteiger partial charge in [-0.25, -0.2) is 0 Å². The SMILES string of the molecule is CCOC(=O)CCNc1nc(Cl)nc(OC)n1. The maximum atomic E-state index is 11.1. The fourth-order valence-corrected chi connectivity index (χ4v) is 1.16. The van der Waals surface area contributed by atoms with Gasteiger partial charge in [-0.3, -0.25) is 4.79 Å². The summed E-state index contributed by atoms with van der Waals surface area (Å²) in [6.45, 7) is 2.47. The molecule has 0 aliphatic heterocycles. The van der Waals surface area contributed by atoms with Gasteiger partial charge in [0.05, 0.1) is 20.1 Å². The minimum atomic E-state index is -0.285. The van der Waals surface area contributed by atoms with Gasteiger partial charge in [-0.2, -0.15) is 15.0 Å². The molecule has 1 heterocycles. The number of nitrogens with zero attached hydrogens (tertiary/aromatic N) is 3. The molecule has 0 aliphatic rings. The zero-order valence-corrected chi connectivity index (χ0v) is 10.3. The predicted octanol–water partition coefficient (Wildman–Crippen LogP) is 0.899. The van der Waals surface area contributed by atoms with E-state index in [0.29, 0.717) is 13.2 Å². The largest absolute Gasteiger partial charge is 0.467 e. The Balaban J connectivity index is 2.46. The van der Waals surface area contributed by atoms with Gasteiger partial charge in [-0.1, -0.05) is 0 Å². The van der Waals surface area contributed by atoms with Gasteiger partial charge in [0.2, 0.25) is 11.2 Å². The maximum Gasteiger partial charge on any atom is 0.322 e. The Morgan fingerprint density at radius 1 is 1.41 bits per heavy atom. The summed E-state index contributed by atoms with van der Waals surface area (Å²) >= 11 is 5.65. The van der Waals surface area contributed by atoms with Crippen LogP contribution < -0.4 is 10.1 Å². The first-order valence-corrected chi connectivity index (χ1v) is 5.38. The van der Waals surface area contributed by atoms with Crippen LogP contribution in [0.3, 0.4) is 0 Å². The molecule has 94 valence electrons. The third-order valence-corrected chi connectivity index (χ3v) is 1.86. The fourth-order valence-electron chi connectivity index (χ4n) is 1.01. The maximum absolute atomic E-state index is 11.1. The Hall–Kier alpha value is -1.63. The summed E-state index contributed by atoms with van der Waals surface area (Å²) in [5.74, 6) is -0.0294. The third kappa shape index (κ3) is 4.81. The second-order valence-corrected chi connectivity index (χ2v) is 3.23. The van der Waals surface area contributed by atoms with E-state index >= 15 is 0 Å². The zero-order chi connectivity index (χ0) is 12.7. The number of halogens is 1. The van der Waals surface area contributed by atoms with Crippen LogP contribution in [0.25, 0.3) is 0 Å². The molecule has 1 aromatic heterocycles. The van der Waals surface area contributed by atoms with Crippen LogP contribution in [-0.4, -0.2) is 41.2 Å². The van der Waals surface area contributed by atoms with E-state index < -0.39 is 0 Å². The summed E-state index contributed by atoms with van der Waals surface area (Å²) in [6, 6.07) is 0.114. The lowest BCUT2D eigenvalue weighted by molar-refractivity contribution is -0.142. The van der Waals surface area contributed by atoms with Crippen molar-refractivity contribution in [1.29, 1.82) is 0 Å². The lowest BCUT2D eigenvalue weighted by atomic mass is 10.4. The molecule has 0 radical (unpaired) electrons. The first-order valence-electron chi connectivity index (χ1n) is 5.00. The highest BCUT2D eigenvalue weighted by Crippen LogP contribution is 2.10. The highest BCUT2D eigenvalue weighted by atomic mass is 35.5. The molecule has 0 atom stereocenters. The van der Waals surface area contributed by atoms with Gasteiger partial charge < -0.3 is 14.8 Å². The average molecular weight is 261 g/mol. The van der Waals surface area contributed by atoms with Crippen molar-refractivity contribution in [3.8, 4) is 6.01 Å². The topological polar surface area (TPSA) is 86.2 Å². The van der Waals surface area contributed by atoms with Crippen LogP contribution in [0.1, 0.15) is 13.3 Å². The molecule has 0 bridgehead atoms. The van der Waals surface area contributed by atoms with Crippen LogP contribution in [0.5, 0.6) is 6.01 Å². The quantitative estimate of drug-likeness (QED) is 0.761. The number of methoxy groups -OCH3 is 1. The summed E-state index contributed by atoms with van der Waals surface area (Å²) in [7, 11) is 1.42. The Morgan fingerprint density at radius 2 is 2.18 bits per heavy atom. The number of esters is 1. The Bertz CT molecular complexity index is 389. The molecule has 8 heteroatoms. The van der Waals surface area contributed by atoms with Crippen LogP contribution >= 0.6 is 11.6 Å². The van der Waals surface area contributed by atoms with Gasteiger partial charge in [0.15, 0.2) is 0 Å². The summed E-state index contributed by atoms with van der Waals surface area (Å²) in [6.07, 6.45) is 0.222. The molecule has 0 amide bonds. The molecule has 0 fully saturated rings. The Morgan fingerprint density at radius 3 is 2.82 bits per heavy atom. The molecule has 0 spiro atoms. The number of nitrogens with one attached hydrogen (secondary N) is 1. The van der Waals surface area contributed by atoms with Crippen molar-refractivity contribution in [1.82, 2.24) is 15.0 Å². The minimum absolute atomic E-state index is 0.0236. The molecule has 0 aliphatic carbocycles. The second-order valence-electron chi connectivity index (χ2n) is 2.90. The summed E-state index contributed by atoms with van der Waals surface area (Å²) in [4.78, 5) is 22.5. The number of hydrogen-bond donors (Lipinski definition) is 1. The van der Waals surface area contributed by atoms with E-state index in [9.17, 15) is 4.79 Å². The van der Waals surface area contributed by atoms with E-state index in [-0.39, 0.29) is 29.6 Å². The van der Waals surface area contributed by atoms with Gasteiger partial charge in [0.1, 0.15) is 0 Å². The first kappa shape index (κ1) is 13.4. The minimum Gasteiger partial charge on any atom is -0.467 e. The van der Waals surface area contributed by atoms with Gasteiger partial charge >= 0.3 is 12.0 Å². The van der Waals surface area contributed by atoms with Crippen LogP contribution in [-0.2, 0) is 9.53 Å². The van der Waals surface area contributed by atoms with E-state index in [0.717, 1.165) is 0 Å². The number of hydrogen-bond acceptors (Lipinski definition) is 7. The van der Waals surface area contributed by atoms with Gasteiger partial charge in [0, 0.05) is 6.54 Å². The predicted molar refractivity (Wildman–Crippen MR) is 61.1 cm³/mol. The molecular weight excluding hydrogens is 248 g/mol. The summed E-state index contributed by atoms with van der Waals surface area (Å²) in [5, 5.41) is 2.85. The van der Waals surface area contributed by atoms with Crippen molar-refractivity contribution >= 4 is 23.5 Å². The van der Waals surface area contributed by atoms with Gasteiger partial charge in [-0.15, -0.1) is 0 Å². The third-order valence-electron chi connectivity index (χ3n) is 1.69. The van der Waals surface area contributed by atoms with E-state index in [1.807, 2.05) is 0 Å². The number of anilines is 1. The molecule has 1 aromatic rings. The molecule has 7 nitrogen and oxygen atoms in total. The smallest absolute Gasteiger partial charge is 0.322 e. The fraction of sp³-hybridized carbons (Fsp3) is 0.556. The van der Waals surface area contributed by atoms with Gasteiger partial charge in [0.25, 0.3) is 0 Å². The summed E-state index contributed by atoms with van der Waals surface area (Å²) in [5.41, 5.74) is 0. The molecule has 0 saturated carbocycles. The molecule has 0 unspecified atom stereocenters. The van der Waals surface area contributed by atoms with Crippen molar-refractivity contribution in [2.75, 3.05) is 25.6 Å². The summed E-state index contributed by atoms with van der Waals surface area (Å²) < 4.78 is 9.59. The Kier molecular flexibility index (Phi) is 5.41. The molecule has 17 heavy (non-hydrogen) atoms. The van der Waals surface area contributed by atoms with E-state index in [1.54, 1.807) is 6.92 Å². The van der Waals surface area contributed by atoms with Crippen molar-refractivity contribution < 1.29 is 14.3 Å². The van der Waals surface area contributed by atoms with E-state index in [1.165, 1.54) is 7.11 Å². The lowest BCUT2D eigenvalue weighted by Gasteiger charge is -2.05. The molecule has 1 N–H and O–H groups in total. The molecule has 1 rings (SSSR count). The monoisotopic (exact) mass is 260 g/mol. The number of carbonyl (C=O) groups is 1. The normalized spacial score (nSPS) is 9.82. The zero-order valence-electron chi connectivity index (χ0n) is 9.57. The van der Waals surface area contributed by atoms with Crippen LogP contribution in [0, 0.1) is 0 Å². The highest BCUT2D eigenvalue weighted by Gasteiger charge is 2.06. The molecule has 0 aromatic carbocycles. The first-order chi connectivity index (χ1) is 8.15. The number of ether oxygens (including phenoxy) is 2. The number of carbonyl (C=O) groups excluding carboxylic acids is 1. The highest BCUT2D eigenvalue weighted by molar-refractivity contribution is 6.28. The van der Waals surface area contributed by atoms with E-state index in [4.69, 9.17) is 21.1 Å². The van der Waals surface area contributed by atoms with Gasteiger partial charge in [-0.05, 0) is 18.5 Å². The standard InChI is InChI=1S/C9H13ClN4O3/c1-3-17-6(15)4-5-11-8-12-7(10)13-9(14-8)16-2/h3-5H2,1-2H3,(H,11,12,13,14). The van der Waals surface area contributed by atoms with Crippen molar-refractivity contribution in [2.24, 2.45) is 0 Å². The number of aromatic nitrogens is 3. The Labute approximate surface area is 104 Å². The molecule has 0 saturated heterocycles. The second kappa shape index (κ2) is 6.85. The molecular formula is C9H13ClN4O3. The van der Waals surface area contributed by atoms with Crippen molar-refractivity contribution in [3.05, 3.63) is 5.28 Å². The van der Waals surface area contributed by atoms with Crippen LogP contribution in [0.15, 0.2) is 0 Å². The van der Waals surface area contributed by atoms with Crippen molar-refractivity contribution in [2.45, 2.75) is 13.3 Å². The van der Waals surface area contributed by atoms with Crippen LogP contribution in [0.4, 0.5) is 5.95 Å². The van der Waals surface area contributed by atoms with Crippen LogP contribution in [0.2, 0.25) is 5.28 Å². The lowest BCUT2D eigenvalue weighted by Crippen LogP contribution is -2.13. The average Bonchev–Trinajstić information content (AvgIpc) is 2.28. The number of rotatable bonds is 6.